The van der Waals surface area contributed by atoms with Crippen molar-refractivity contribution in [2.24, 2.45) is 0 Å². The van der Waals surface area contributed by atoms with E-state index in [-0.39, 0.29) is 18.4 Å². The van der Waals surface area contributed by atoms with Gasteiger partial charge in [0.25, 0.3) is 0 Å². The van der Waals surface area contributed by atoms with E-state index in [2.05, 4.69) is 0 Å². The molecule has 1 rings (SSSR count). The van der Waals surface area contributed by atoms with E-state index in [0.29, 0.717) is 11.3 Å². The molecule has 16 heavy (non-hydrogen) atoms. The van der Waals surface area contributed by atoms with Crippen LogP contribution in [0.1, 0.15) is 22.3 Å². The Kier molecular flexibility index (Phi) is 3.88. The molecular weight excluding hydrogens is 212 g/mol. The number of carboxylic acid groups (broad SMARTS) is 2. The second kappa shape index (κ2) is 5.16. The van der Waals surface area contributed by atoms with Crippen LogP contribution in [0.3, 0.4) is 0 Å². The number of benzene rings is 1. The molecule has 0 saturated heterocycles. The third-order valence-corrected chi connectivity index (χ3v) is 2.17. The molecule has 0 heterocycles. The lowest BCUT2D eigenvalue weighted by molar-refractivity contribution is -0.136. The third-order valence-electron chi connectivity index (χ3n) is 2.17. The molecule has 0 spiro atoms. The second-order valence-electron chi connectivity index (χ2n) is 3.19. The number of hydrogen-bond acceptors (Lipinski definition) is 3. The molecule has 0 atom stereocenters. The van der Waals surface area contributed by atoms with Crippen molar-refractivity contribution in [3.8, 4) is 5.75 Å². The number of carbonyl (C=O) groups is 2. The van der Waals surface area contributed by atoms with Gasteiger partial charge in [0.1, 0.15) is 5.75 Å². The minimum atomic E-state index is -1.08. The molecule has 5 heteroatoms. The largest absolute Gasteiger partial charge is 0.496 e. The molecule has 2 N–H and O–H groups in total. The molecule has 0 bridgehead atoms. The molecule has 0 saturated carbocycles. The Hall–Kier alpha value is -2.04. The van der Waals surface area contributed by atoms with Crippen molar-refractivity contribution in [1.82, 2.24) is 0 Å². The Morgan fingerprint density at radius 1 is 1.31 bits per heavy atom. The van der Waals surface area contributed by atoms with Gasteiger partial charge in [-0.2, -0.15) is 0 Å². The fourth-order valence-corrected chi connectivity index (χ4v) is 1.45. The van der Waals surface area contributed by atoms with Crippen LogP contribution in [0.15, 0.2) is 18.2 Å². The number of hydrogen-bond donors (Lipinski definition) is 2. The maximum atomic E-state index is 10.9. The average molecular weight is 224 g/mol. The van der Waals surface area contributed by atoms with Crippen molar-refractivity contribution in [2.75, 3.05) is 7.11 Å². The Labute approximate surface area is 92.3 Å². The van der Waals surface area contributed by atoms with Crippen molar-refractivity contribution < 1.29 is 24.5 Å². The Morgan fingerprint density at radius 3 is 2.50 bits per heavy atom. The first-order valence-electron chi connectivity index (χ1n) is 4.67. The monoisotopic (exact) mass is 224 g/mol. The fourth-order valence-electron chi connectivity index (χ4n) is 1.45. The minimum Gasteiger partial charge on any atom is -0.496 e. The van der Waals surface area contributed by atoms with Crippen LogP contribution in [-0.2, 0) is 11.2 Å². The van der Waals surface area contributed by atoms with Crippen molar-refractivity contribution in [3.05, 3.63) is 29.3 Å². The molecule has 0 aliphatic rings. The highest BCUT2D eigenvalue weighted by molar-refractivity contribution is 5.90. The smallest absolute Gasteiger partial charge is 0.336 e. The zero-order valence-corrected chi connectivity index (χ0v) is 8.77. The fraction of sp³-hybridized carbons (Fsp3) is 0.273. The predicted molar refractivity (Wildman–Crippen MR) is 55.9 cm³/mol. The number of rotatable bonds is 5. The number of ether oxygens (including phenoxy) is 1. The van der Waals surface area contributed by atoms with Gasteiger partial charge in [-0.3, -0.25) is 4.79 Å². The van der Waals surface area contributed by atoms with E-state index in [1.807, 2.05) is 0 Å². The molecule has 1 aromatic rings. The van der Waals surface area contributed by atoms with Gasteiger partial charge in [-0.05, 0) is 18.6 Å². The van der Waals surface area contributed by atoms with Crippen LogP contribution in [0, 0.1) is 0 Å². The van der Waals surface area contributed by atoms with E-state index < -0.39 is 11.9 Å². The molecule has 0 fully saturated rings. The third kappa shape index (κ3) is 2.73. The quantitative estimate of drug-likeness (QED) is 0.790. The lowest BCUT2D eigenvalue weighted by atomic mass is 10.0. The lowest BCUT2D eigenvalue weighted by Crippen LogP contribution is -2.07. The van der Waals surface area contributed by atoms with E-state index in [1.54, 1.807) is 12.1 Å². The molecule has 0 aliphatic carbocycles. The SMILES string of the molecule is COc1cccc(C(=O)O)c1CCC(=O)O. The van der Waals surface area contributed by atoms with Crippen LogP contribution in [-0.4, -0.2) is 29.3 Å². The molecule has 86 valence electrons. The molecule has 1 aromatic carbocycles. The first-order valence-corrected chi connectivity index (χ1v) is 4.67. The van der Waals surface area contributed by atoms with Crippen LogP contribution < -0.4 is 4.74 Å². The second-order valence-corrected chi connectivity index (χ2v) is 3.19. The normalized spacial score (nSPS) is 9.81. The molecular formula is C11H12O5. The molecule has 0 aromatic heterocycles. The van der Waals surface area contributed by atoms with E-state index in [1.165, 1.54) is 13.2 Å². The van der Waals surface area contributed by atoms with Gasteiger partial charge in [0.15, 0.2) is 0 Å². The van der Waals surface area contributed by atoms with Crippen molar-refractivity contribution in [3.63, 3.8) is 0 Å². The molecule has 0 radical (unpaired) electrons. The molecule has 0 aliphatic heterocycles. The van der Waals surface area contributed by atoms with Crippen LogP contribution in [0.25, 0.3) is 0 Å². The van der Waals surface area contributed by atoms with Gasteiger partial charge in [-0.15, -0.1) is 0 Å². The summed E-state index contributed by atoms with van der Waals surface area (Å²) in [6.45, 7) is 0. The van der Waals surface area contributed by atoms with E-state index in [0.717, 1.165) is 0 Å². The molecule has 5 nitrogen and oxygen atoms in total. The summed E-state index contributed by atoms with van der Waals surface area (Å²) >= 11 is 0. The number of methoxy groups -OCH3 is 1. The summed E-state index contributed by atoms with van der Waals surface area (Å²) in [4.78, 5) is 21.4. The first kappa shape index (κ1) is 12.0. The van der Waals surface area contributed by atoms with Gasteiger partial charge in [0.05, 0.1) is 12.7 Å². The van der Waals surface area contributed by atoms with E-state index >= 15 is 0 Å². The topological polar surface area (TPSA) is 83.8 Å². The Balaban J connectivity index is 3.09. The van der Waals surface area contributed by atoms with Crippen molar-refractivity contribution in [2.45, 2.75) is 12.8 Å². The Bertz CT molecular complexity index is 411. The first-order chi connectivity index (χ1) is 7.56. The van der Waals surface area contributed by atoms with Crippen LogP contribution in [0.2, 0.25) is 0 Å². The van der Waals surface area contributed by atoms with Gasteiger partial charge < -0.3 is 14.9 Å². The summed E-state index contributed by atoms with van der Waals surface area (Å²) in [5.41, 5.74) is 0.500. The molecule has 0 amide bonds. The van der Waals surface area contributed by atoms with Crippen molar-refractivity contribution >= 4 is 11.9 Å². The summed E-state index contributed by atoms with van der Waals surface area (Å²) in [7, 11) is 1.42. The maximum Gasteiger partial charge on any atom is 0.336 e. The molecule has 0 unspecified atom stereocenters. The van der Waals surface area contributed by atoms with Gasteiger partial charge in [-0.1, -0.05) is 6.07 Å². The maximum absolute atomic E-state index is 10.9. The zero-order valence-electron chi connectivity index (χ0n) is 8.77. The number of carboxylic acids is 2. The van der Waals surface area contributed by atoms with Gasteiger partial charge in [0, 0.05) is 12.0 Å². The number of aromatic carboxylic acids is 1. The minimum absolute atomic E-state index is 0.0839. The van der Waals surface area contributed by atoms with Gasteiger partial charge >= 0.3 is 11.9 Å². The van der Waals surface area contributed by atoms with Crippen LogP contribution in [0.5, 0.6) is 5.75 Å². The van der Waals surface area contributed by atoms with Crippen LogP contribution >= 0.6 is 0 Å². The summed E-state index contributed by atoms with van der Waals surface area (Å²) in [5.74, 6) is -1.65. The summed E-state index contributed by atoms with van der Waals surface area (Å²) in [6, 6.07) is 4.61. The zero-order chi connectivity index (χ0) is 12.1. The highest BCUT2D eigenvalue weighted by Crippen LogP contribution is 2.23. The van der Waals surface area contributed by atoms with Crippen LogP contribution in [0.4, 0.5) is 0 Å². The highest BCUT2D eigenvalue weighted by Gasteiger charge is 2.15. The predicted octanol–water partition coefficient (Wildman–Crippen LogP) is 1.41. The van der Waals surface area contributed by atoms with E-state index in [9.17, 15) is 9.59 Å². The van der Waals surface area contributed by atoms with Crippen molar-refractivity contribution in [1.29, 1.82) is 0 Å². The summed E-state index contributed by atoms with van der Waals surface area (Å²) in [5, 5.41) is 17.5. The average Bonchev–Trinajstić information content (AvgIpc) is 2.25. The highest BCUT2D eigenvalue weighted by atomic mass is 16.5. The lowest BCUT2D eigenvalue weighted by Gasteiger charge is -2.10. The summed E-state index contributed by atoms with van der Waals surface area (Å²) < 4.78 is 5.01. The van der Waals surface area contributed by atoms with Gasteiger partial charge in [-0.25, -0.2) is 4.79 Å². The Morgan fingerprint density at radius 2 is 2.00 bits per heavy atom. The van der Waals surface area contributed by atoms with E-state index in [4.69, 9.17) is 14.9 Å². The van der Waals surface area contributed by atoms with Gasteiger partial charge in [0.2, 0.25) is 0 Å². The standard InChI is InChI=1S/C11H12O5/c1-16-9-4-2-3-8(11(14)15)7(9)5-6-10(12)13/h2-4H,5-6H2,1H3,(H,12,13)(H,14,15). The summed E-state index contributed by atoms with van der Waals surface area (Å²) in [6.07, 6.45) is 0.0155. The number of aliphatic carboxylic acids is 1.